The van der Waals surface area contributed by atoms with Crippen LogP contribution in [-0.2, 0) is 20.7 Å². The van der Waals surface area contributed by atoms with E-state index in [2.05, 4.69) is 30.3 Å². The molecule has 0 amide bonds. The molecule has 1 spiro atoms. The van der Waals surface area contributed by atoms with Crippen LogP contribution in [0.3, 0.4) is 0 Å². The molecule has 3 rings (SSSR count). The van der Waals surface area contributed by atoms with Gasteiger partial charge in [0.05, 0.1) is 0 Å². The summed E-state index contributed by atoms with van der Waals surface area (Å²) in [5.74, 6) is 0.357. The monoisotopic (exact) mass is 326 g/mol. The second-order valence-corrected chi connectivity index (χ2v) is 7.26. The maximum absolute atomic E-state index is 12.0. The van der Waals surface area contributed by atoms with Crippen molar-refractivity contribution in [1.29, 1.82) is 0 Å². The molecular formula is C21H26O3. The molecule has 0 N–H and O–H groups in total. The highest BCUT2D eigenvalue weighted by Crippen LogP contribution is 2.46. The first-order valence-corrected chi connectivity index (χ1v) is 9.01. The van der Waals surface area contributed by atoms with Gasteiger partial charge in [-0.2, -0.15) is 0 Å². The van der Waals surface area contributed by atoms with Gasteiger partial charge in [-0.05, 0) is 63.9 Å². The molecule has 1 aliphatic heterocycles. The summed E-state index contributed by atoms with van der Waals surface area (Å²) < 4.78 is 5.66. The average molecular weight is 326 g/mol. The van der Waals surface area contributed by atoms with Crippen molar-refractivity contribution in [2.45, 2.75) is 64.4 Å². The third-order valence-corrected chi connectivity index (χ3v) is 5.61. The number of hydrogen-bond donors (Lipinski definition) is 0. The lowest BCUT2D eigenvalue weighted by Gasteiger charge is -2.37. The van der Waals surface area contributed by atoms with Crippen molar-refractivity contribution in [2.24, 2.45) is 5.92 Å². The molecule has 24 heavy (non-hydrogen) atoms. The Balaban J connectivity index is 1.54. The van der Waals surface area contributed by atoms with Gasteiger partial charge in [0, 0.05) is 11.1 Å². The summed E-state index contributed by atoms with van der Waals surface area (Å²) in [4.78, 5) is 23.9. The summed E-state index contributed by atoms with van der Waals surface area (Å²) in [5.41, 5.74) is 1.93. The maximum atomic E-state index is 12.0. The maximum Gasteiger partial charge on any atom is 0.335 e. The molecular weight excluding hydrogens is 300 g/mol. The van der Waals surface area contributed by atoms with E-state index in [1.54, 1.807) is 13.8 Å². The molecule has 1 heterocycles. The third-order valence-electron chi connectivity index (χ3n) is 5.61. The van der Waals surface area contributed by atoms with Crippen molar-refractivity contribution >= 4 is 11.8 Å². The van der Waals surface area contributed by atoms with Crippen molar-refractivity contribution in [2.75, 3.05) is 0 Å². The number of carbonyl (C=O) groups is 2. The molecule has 2 aliphatic rings. The Kier molecular flexibility index (Phi) is 4.88. The first-order chi connectivity index (χ1) is 11.5. The highest BCUT2D eigenvalue weighted by molar-refractivity contribution is 6.07. The van der Waals surface area contributed by atoms with Crippen molar-refractivity contribution in [3.8, 4) is 0 Å². The predicted molar refractivity (Wildman–Crippen MR) is 93.5 cm³/mol. The molecule has 1 aromatic rings. The van der Waals surface area contributed by atoms with E-state index in [0.717, 1.165) is 32.1 Å². The van der Waals surface area contributed by atoms with Crippen LogP contribution >= 0.6 is 0 Å². The highest BCUT2D eigenvalue weighted by Gasteiger charge is 2.49. The molecule has 1 aromatic carbocycles. The van der Waals surface area contributed by atoms with E-state index in [1.807, 2.05) is 0 Å². The Labute approximate surface area is 144 Å². The number of aryl methyl sites for hydroxylation is 1. The minimum Gasteiger partial charge on any atom is -0.451 e. The molecule has 128 valence electrons. The van der Waals surface area contributed by atoms with Crippen LogP contribution in [0.1, 0.15) is 57.9 Å². The van der Waals surface area contributed by atoms with Crippen LogP contribution in [0.4, 0.5) is 0 Å². The van der Waals surface area contributed by atoms with Crippen LogP contribution in [0.2, 0.25) is 0 Å². The van der Waals surface area contributed by atoms with E-state index in [1.165, 1.54) is 18.4 Å². The Morgan fingerprint density at radius 1 is 1.21 bits per heavy atom. The predicted octanol–water partition coefficient (Wildman–Crippen LogP) is 4.40. The Bertz CT molecular complexity index is 649. The number of Topliss-reactive ketones (excluding diaryl/α,β-unsaturated/α-hetero) is 1. The molecule has 0 saturated heterocycles. The molecule has 0 unspecified atom stereocenters. The van der Waals surface area contributed by atoms with Crippen LogP contribution < -0.4 is 0 Å². The fourth-order valence-electron chi connectivity index (χ4n) is 4.36. The van der Waals surface area contributed by atoms with Gasteiger partial charge < -0.3 is 4.74 Å². The Hall–Kier alpha value is -1.90. The van der Waals surface area contributed by atoms with E-state index in [0.29, 0.717) is 17.1 Å². The van der Waals surface area contributed by atoms with Crippen molar-refractivity contribution in [3.63, 3.8) is 0 Å². The summed E-state index contributed by atoms with van der Waals surface area (Å²) in [7, 11) is 0. The highest BCUT2D eigenvalue weighted by atomic mass is 16.6. The Morgan fingerprint density at radius 3 is 2.50 bits per heavy atom. The van der Waals surface area contributed by atoms with Gasteiger partial charge in [-0.15, -0.1) is 0 Å². The fraction of sp³-hybridized carbons (Fsp3) is 0.524. The average Bonchev–Trinajstić information content (AvgIpc) is 2.81. The number of ether oxygens (including phenoxy) is 1. The van der Waals surface area contributed by atoms with Crippen molar-refractivity contribution in [3.05, 3.63) is 47.0 Å². The quantitative estimate of drug-likeness (QED) is 0.753. The largest absolute Gasteiger partial charge is 0.451 e. The van der Waals surface area contributed by atoms with Crippen molar-refractivity contribution < 1.29 is 14.3 Å². The smallest absolute Gasteiger partial charge is 0.335 e. The minimum absolute atomic E-state index is 0.0131. The number of rotatable bonds is 5. The lowest BCUT2D eigenvalue weighted by molar-refractivity contribution is -0.150. The molecule has 3 heteroatoms. The SMILES string of the molecule is CC(=O)C1=C(C)C(=O)OC12CCC(CCCc1ccccc1)CC2. The van der Waals surface area contributed by atoms with Crippen LogP contribution in [0.15, 0.2) is 41.5 Å². The lowest BCUT2D eigenvalue weighted by Crippen LogP contribution is -2.38. The van der Waals surface area contributed by atoms with Gasteiger partial charge >= 0.3 is 5.97 Å². The molecule has 0 aromatic heterocycles. The first kappa shape index (κ1) is 16.9. The van der Waals surface area contributed by atoms with E-state index < -0.39 is 5.60 Å². The molecule has 0 atom stereocenters. The van der Waals surface area contributed by atoms with Crippen LogP contribution in [0, 0.1) is 5.92 Å². The number of ketones is 1. The summed E-state index contributed by atoms with van der Waals surface area (Å²) in [6.45, 7) is 3.27. The van der Waals surface area contributed by atoms with E-state index in [9.17, 15) is 9.59 Å². The van der Waals surface area contributed by atoms with Gasteiger partial charge in [-0.1, -0.05) is 36.8 Å². The molecule has 0 radical (unpaired) electrons. The van der Waals surface area contributed by atoms with E-state index in [4.69, 9.17) is 4.74 Å². The minimum atomic E-state index is -0.622. The van der Waals surface area contributed by atoms with Gasteiger partial charge in [0.25, 0.3) is 0 Å². The standard InChI is InChI=1S/C21H26O3/c1-15-19(16(2)22)21(24-20(15)23)13-11-18(12-14-21)10-6-9-17-7-4-3-5-8-17/h3-5,7-8,18H,6,9-14H2,1-2H3. The van der Waals surface area contributed by atoms with Crippen LogP contribution in [0.25, 0.3) is 0 Å². The normalized spacial score (nSPS) is 26.8. The number of benzene rings is 1. The van der Waals surface area contributed by atoms with Gasteiger partial charge in [0.1, 0.15) is 5.60 Å². The molecule has 1 fully saturated rings. The topological polar surface area (TPSA) is 43.4 Å². The number of carbonyl (C=O) groups excluding carboxylic acids is 2. The van der Waals surface area contributed by atoms with E-state index in [-0.39, 0.29) is 11.8 Å². The zero-order valence-electron chi connectivity index (χ0n) is 14.6. The molecule has 1 aliphatic carbocycles. The lowest BCUT2D eigenvalue weighted by atomic mass is 9.72. The Morgan fingerprint density at radius 2 is 1.88 bits per heavy atom. The van der Waals surface area contributed by atoms with Crippen molar-refractivity contribution in [1.82, 2.24) is 0 Å². The summed E-state index contributed by atoms with van der Waals surface area (Å²) in [6, 6.07) is 10.6. The van der Waals surface area contributed by atoms with Gasteiger partial charge in [0.15, 0.2) is 5.78 Å². The number of hydrogen-bond acceptors (Lipinski definition) is 3. The summed E-state index contributed by atoms with van der Waals surface area (Å²) in [5, 5.41) is 0. The van der Waals surface area contributed by atoms with Gasteiger partial charge in [0.2, 0.25) is 0 Å². The van der Waals surface area contributed by atoms with Gasteiger partial charge in [-0.3, -0.25) is 4.79 Å². The zero-order chi connectivity index (χ0) is 17.2. The fourth-order valence-corrected chi connectivity index (χ4v) is 4.36. The van der Waals surface area contributed by atoms with Crippen LogP contribution in [0.5, 0.6) is 0 Å². The van der Waals surface area contributed by atoms with Crippen LogP contribution in [-0.4, -0.2) is 17.4 Å². The second-order valence-electron chi connectivity index (χ2n) is 7.26. The van der Waals surface area contributed by atoms with E-state index >= 15 is 0 Å². The number of esters is 1. The third kappa shape index (κ3) is 3.31. The molecule has 1 saturated carbocycles. The van der Waals surface area contributed by atoms with Gasteiger partial charge in [-0.25, -0.2) is 4.79 Å². The zero-order valence-corrected chi connectivity index (χ0v) is 14.6. The summed E-state index contributed by atoms with van der Waals surface area (Å²) in [6.07, 6.45) is 7.17. The summed E-state index contributed by atoms with van der Waals surface area (Å²) >= 11 is 0. The molecule has 3 nitrogen and oxygen atoms in total. The second kappa shape index (κ2) is 6.92. The first-order valence-electron chi connectivity index (χ1n) is 9.01. The molecule has 0 bridgehead atoms.